The number of methoxy groups -OCH3 is 1. The highest BCUT2D eigenvalue weighted by atomic mass is 32.2. The predicted molar refractivity (Wildman–Crippen MR) is 133 cm³/mol. The molecule has 0 radical (unpaired) electrons. The van der Waals surface area contributed by atoms with Gasteiger partial charge in [0.1, 0.15) is 22.1 Å². The Bertz CT molecular complexity index is 1410. The van der Waals surface area contributed by atoms with Crippen LogP contribution in [0, 0.1) is 5.82 Å². The van der Waals surface area contributed by atoms with Gasteiger partial charge < -0.3 is 14.8 Å². The average molecular weight is 531 g/mol. The number of hydrazine groups is 1. The predicted octanol–water partition coefficient (Wildman–Crippen LogP) is 3.54. The number of aromatic nitrogens is 1. The van der Waals surface area contributed by atoms with Crippen LogP contribution in [0.5, 0.6) is 5.75 Å². The number of nitrogens with one attached hydrogen (secondary N) is 3. The zero-order chi connectivity index (χ0) is 27.2. The fourth-order valence-corrected chi connectivity index (χ4v) is 4.05. The number of benzene rings is 2. The van der Waals surface area contributed by atoms with Crippen LogP contribution in [-0.2, 0) is 21.3 Å². The number of alkyl carbamates (subject to hydrolysis) is 1. The zero-order valence-electron chi connectivity index (χ0n) is 20.7. The van der Waals surface area contributed by atoms with Gasteiger partial charge in [0, 0.05) is 23.9 Å². The normalized spacial score (nSPS) is 11.5. The second-order valence-electron chi connectivity index (χ2n) is 8.85. The first-order valence-corrected chi connectivity index (χ1v) is 12.5. The van der Waals surface area contributed by atoms with Crippen molar-refractivity contribution in [2.24, 2.45) is 0 Å². The SMILES string of the molecule is COc1cc(C(=O)NNS(=O)(=O)c2ccccc2F)cc(-c2cc(CNC(=O)OC(C)(C)C)ccn2)c1. The molecule has 3 aromatic rings. The smallest absolute Gasteiger partial charge is 0.407 e. The fraction of sp³-hybridized carbons (Fsp3) is 0.240. The summed E-state index contributed by atoms with van der Waals surface area (Å²) in [5.41, 5.74) is 3.21. The van der Waals surface area contributed by atoms with E-state index < -0.39 is 38.3 Å². The van der Waals surface area contributed by atoms with Crippen molar-refractivity contribution in [3.05, 3.63) is 77.7 Å². The number of hydrogen-bond acceptors (Lipinski definition) is 7. The fourth-order valence-electron chi connectivity index (χ4n) is 3.13. The van der Waals surface area contributed by atoms with Gasteiger partial charge in [-0.05, 0) is 68.8 Å². The molecule has 12 heteroatoms. The lowest BCUT2D eigenvalue weighted by molar-refractivity contribution is 0.0523. The average Bonchev–Trinajstić information content (AvgIpc) is 2.85. The van der Waals surface area contributed by atoms with E-state index in [0.29, 0.717) is 17.0 Å². The quantitative estimate of drug-likeness (QED) is 0.379. The van der Waals surface area contributed by atoms with Gasteiger partial charge in [-0.1, -0.05) is 12.1 Å². The van der Waals surface area contributed by atoms with Crippen molar-refractivity contribution >= 4 is 22.0 Å². The molecule has 0 fully saturated rings. The number of carbonyl (C=O) groups is 2. The van der Waals surface area contributed by atoms with Gasteiger partial charge in [0.25, 0.3) is 15.9 Å². The minimum Gasteiger partial charge on any atom is -0.497 e. The number of carbonyl (C=O) groups excluding carboxylic acids is 2. The first-order chi connectivity index (χ1) is 17.4. The van der Waals surface area contributed by atoms with E-state index in [1.807, 2.05) is 4.83 Å². The second-order valence-corrected chi connectivity index (χ2v) is 10.5. The maximum Gasteiger partial charge on any atom is 0.407 e. The summed E-state index contributed by atoms with van der Waals surface area (Å²) in [7, 11) is -2.93. The second kappa shape index (κ2) is 11.4. The molecule has 3 rings (SSSR count). The van der Waals surface area contributed by atoms with Crippen LogP contribution in [0.15, 0.2) is 65.7 Å². The number of hydrogen-bond donors (Lipinski definition) is 3. The highest BCUT2D eigenvalue weighted by Gasteiger charge is 2.20. The van der Waals surface area contributed by atoms with Crippen molar-refractivity contribution in [3.63, 3.8) is 0 Å². The number of pyridine rings is 1. The molecule has 0 aliphatic heterocycles. The number of nitrogens with zero attached hydrogens (tertiary/aromatic N) is 1. The minimum atomic E-state index is -4.35. The third kappa shape index (κ3) is 7.72. The van der Waals surface area contributed by atoms with Crippen LogP contribution >= 0.6 is 0 Å². The van der Waals surface area contributed by atoms with Crippen molar-refractivity contribution in [1.29, 1.82) is 0 Å². The van der Waals surface area contributed by atoms with E-state index in [-0.39, 0.29) is 12.1 Å². The van der Waals surface area contributed by atoms with Crippen LogP contribution in [0.2, 0.25) is 0 Å². The lowest BCUT2D eigenvalue weighted by atomic mass is 10.0. The topological polar surface area (TPSA) is 136 Å². The molecule has 10 nitrogen and oxygen atoms in total. The number of amides is 2. The van der Waals surface area contributed by atoms with Crippen LogP contribution in [0.4, 0.5) is 9.18 Å². The van der Waals surface area contributed by atoms with E-state index in [1.54, 1.807) is 45.2 Å². The lowest BCUT2D eigenvalue weighted by Gasteiger charge is -2.19. The molecule has 0 aliphatic rings. The number of ether oxygens (including phenoxy) is 2. The van der Waals surface area contributed by atoms with Crippen molar-refractivity contribution in [2.45, 2.75) is 37.8 Å². The van der Waals surface area contributed by atoms with Crippen LogP contribution in [0.1, 0.15) is 36.7 Å². The first-order valence-electron chi connectivity index (χ1n) is 11.1. The Morgan fingerprint density at radius 1 is 1.05 bits per heavy atom. The van der Waals surface area contributed by atoms with Gasteiger partial charge in [0.15, 0.2) is 0 Å². The lowest BCUT2D eigenvalue weighted by Crippen LogP contribution is -2.41. The summed E-state index contributed by atoms with van der Waals surface area (Å²) in [5, 5.41) is 2.67. The molecule has 2 amide bonds. The minimum absolute atomic E-state index is 0.0599. The zero-order valence-corrected chi connectivity index (χ0v) is 21.5. The first kappa shape index (κ1) is 27.6. The summed E-state index contributed by atoms with van der Waals surface area (Å²) < 4.78 is 49.2. The molecular weight excluding hydrogens is 503 g/mol. The molecule has 3 N–H and O–H groups in total. The van der Waals surface area contributed by atoms with E-state index in [0.717, 1.165) is 17.7 Å². The van der Waals surface area contributed by atoms with Gasteiger partial charge >= 0.3 is 6.09 Å². The number of sulfonamides is 1. The van der Waals surface area contributed by atoms with Gasteiger partial charge in [-0.15, -0.1) is 4.83 Å². The van der Waals surface area contributed by atoms with E-state index >= 15 is 0 Å². The Morgan fingerprint density at radius 2 is 1.78 bits per heavy atom. The standard InChI is InChI=1S/C25H27FN4O6S/c1-25(2,3)36-24(32)28-15-16-9-10-27-21(11-16)17-12-18(14-19(13-17)35-4)23(31)29-30-37(33,34)22-8-6-5-7-20(22)26/h5-14,30H,15H2,1-4H3,(H,28,32)(H,29,31). The van der Waals surface area contributed by atoms with Crippen molar-refractivity contribution < 1.29 is 31.9 Å². The Kier molecular flexibility index (Phi) is 8.46. The summed E-state index contributed by atoms with van der Waals surface area (Å²) >= 11 is 0. The molecule has 0 aliphatic carbocycles. The molecule has 37 heavy (non-hydrogen) atoms. The molecule has 196 valence electrons. The summed E-state index contributed by atoms with van der Waals surface area (Å²) in [4.78, 5) is 30.3. The van der Waals surface area contributed by atoms with Crippen LogP contribution in [0.25, 0.3) is 11.3 Å². The maximum absolute atomic E-state index is 13.9. The van der Waals surface area contributed by atoms with Gasteiger partial charge in [-0.25, -0.2) is 17.6 Å². The van der Waals surface area contributed by atoms with Crippen LogP contribution in [-0.4, -0.2) is 38.1 Å². The third-order valence-corrected chi connectivity index (χ3v) is 6.07. The largest absolute Gasteiger partial charge is 0.497 e. The van der Waals surface area contributed by atoms with Crippen LogP contribution in [0.3, 0.4) is 0 Å². The molecule has 0 spiro atoms. The summed E-state index contributed by atoms with van der Waals surface area (Å²) in [6.45, 7) is 5.47. The van der Waals surface area contributed by atoms with Crippen LogP contribution < -0.4 is 20.3 Å². The maximum atomic E-state index is 13.9. The summed E-state index contributed by atoms with van der Waals surface area (Å²) in [6, 6.07) is 12.7. The van der Waals surface area contributed by atoms with E-state index in [2.05, 4.69) is 15.7 Å². The van der Waals surface area contributed by atoms with Gasteiger partial charge in [-0.2, -0.15) is 0 Å². The highest BCUT2D eigenvalue weighted by Crippen LogP contribution is 2.25. The Hall–Kier alpha value is -4.03. The van der Waals surface area contributed by atoms with Gasteiger partial charge in [0.2, 0.25) is 0 Å². The summed E-state index contributed by atoms with van der Waals surface area (Å²) in [6.07, 6.45) is 0.979. The molecule has 0 saturated carbocycles. The van der Waals surface area contributed by atoms with E-state index in [4.69, 9.17) is 9.47 Å². The highest BCUT2D eigenvalue weighted by molar-refractivity contribution is 7.89. The Morgan fingerprint density at radius 3 is 2.46 bits per heavy atom. The number of rotatable bonds is 8. The van der Waals surface area contributed by atoms with E-state index in [1.165, 1.54) is 31.4 Å². The van der Waals surface area contributed by atoms with Gasteiger partial charge in [-0.3, -0.25) is 15.2 Å². The third-order valence-electron chi connectivity index (χ3n) is 4.79. The molecular formula is C25H27FN4O6S. The van der Waals surface area contributed by atoms with Crippen molar-refractivity contribution in [1.82, 2.24) is 20.6 Å². The monoisotopic (exact) mass is 530 g/mol. The summed E-state index contributed by atoms with van der Waals surface area (Å²) in [5.74, 6) is -1.44. The molecule has 1 heterocycles. The van der Waals surface area contributed by atoms with Gasteiger partial charge in [0.05, 0.1) is 12.8 Å². The number of halogens is 1. The molecule has 0 unspecified atom stereocenters. The molecule has 1 aromatic heterocycles. The Balaban J connectivity index is 1.78. The van der Waals surface area contributed by atoms with E-state index in [9.17, 15) is 22.4 Å². The molecule has 0 bridgehead atoms. The molecule has 0 atom stereocenters. The van der Waals surface area contributed by atoms with Crippen molar-refractivity contribution in [2.75, 3.05) is 7.11 Å². The molecule has 0 saturated heterocycles. The van der Waals surface area contributed by atoms with Crippen molar-refractivity contribution in [3.8, 4) is 17.0 Å². The molecule has 2 aromatic carbocycles. The Labute approximate surface area is 214 Å².